The number of hydrogen-bond acceptors (Lipinski definition) is 5. The van der Waals surface area contributed by atoms with Crippen LogP contribution in [0.25, 0.3) is 0 Å². The summed E-state index contributed by atoms with van der Waals surface area (Å²) in [7, 11) is 0. The van der Waals surface area contributed by atoms with Gasteiger partial charge in [-0.2, -0.15) is 8.78 Å². The minimum atomic E-state index is -2.82. The molecule has 2 aromatic carbocycles. The lowest BCUT2D eigenvalue weighted by Crippen LogP contribution is -2.30. The number of alkyl halides is 2. The molecule has 170 valence electrons. The summed E-state index contributed by atoms with van der Waals surface area (Å²) in [4.78, 5) is 2.45. The second kappa shape index (κ2) is 10.9. The fourth-order valence-corrected chi connectivity index (χ4v) is 4.91. The number of thioether (sulfide) groups is 1. The van der Waals surface area contributed by atoms with Crippen molar-refractivity contribution in [1.29, 1.82) is 0 Å². The van der Waals surface area contributed by atoms with Crippen LogP contribution >= 0.6 is 11.8 Å². The lowest BCUT2D eigenvalue weighted by molar-refractivity contribution is -0.0498. The van der Waals surface area contributed by atoms with E-state index >= 15 is 0 Å². The summed E-state index contributed by atoms with van der Waals surface area (Å²) in [6, 6.07) is 17.1. The van der Waals surface area contributed by atoms with Crippen LogP contribution in [-0.4, -0.2) is 39.4 Å². The van der Waals surface area contributed by atoms with E-state index in [0.717, 1.165) is 36.2 Å². The second-order valence-electron chi connectivity index (χ2n) is 8.01. The van der Waals surface area contributed by atoms with Gasteiger partial charge in [0.05, 0.1) is 13.1 Å². The molecule has 4 rings (SSSR count). The van der Waals surface area contributed by atoms with Crippen LogP contribution in [-0.2, 0) is 13.1 Å². The van der Waals surface area contributed by atoms with Crippen LogP contribution in [0.1, 0.15) is 48.4 Å². The number of hydrogen-bond donors (Lipinski definition) is 0. The summed E-state index contributed by atoms with van der Waals surface area (Å²) in [5.74, 6) is 1.14. The first-order valence-electron chi connectivity index (χ1n) is 11.0. The topological polar surface area (TPSA) is 43.2 Å². The summed E-state index contributed by atoms with van der Waals surface area (Å²) >= 11 is 1.63. The van der Waals surface area contributed by atoms with Crippen molar-refractivity contribution >= 4 is 11.8 Å². The van der Waals surface area contributed by atoms with E-state index in [-0.39, 0.29) is 11.0 Å². The Labute approximate surface area is 191 Å². The number of halogens is 2. The molecule has 0 spiro atoms. The van der Waals surface area contributed by atoms with Crippen molar-refractivity contribution in [3.8, 4) is 5.75 Å². The number of likely N-dealkylation sites (tertiary alicyclic amines) is 1. The third kappa shape index (κ3) is 6.07. The van der Waals surface area contributed by atoms with E-state index in [1.165, 1.54) is 24.8 Å². The van der Waals surface area contributed by atoms with E-state index < -0.39 is 6.61 Å². The lowest BCUT2D eigenvalue weighted by Gasteiger charge is -2.26. The maximum atomic E-state index is 12.4. The molecule has 2 heterocycles. The number of aromatic nitrogens is 3. The molecule has 1 aliphatic rings. The Hall–Kier alpha value is -2.45. The van der Waals surface area contributed by atoms with Crippen molar-refractivity contribution in [2.75, 3.05) is 13.1 Å². The molecule has 8 heteroatoms. The molecule has 0 N–H and O–H groups in total. The van der Waals surface area contributed by atoms with Gasteiger partial charge in [0.1, 0.15) is 11.6 Å². The number of benzene rings is 2. The van der Waals surface area contributed by atoms with E-state index in [9.17, 15) is 8.78 Å². The Balaban J connectivity index is 1.52. The van der Waals surface area contributed by atoms with Gasteiger partial charge >= 0.3 is 6.61 Å². The van der Waals surface area contributed by atoms with Crippen LogP contribution in [0.5, 0.6) is 5.75 Å². The molecule has 1 aliphatic heterocycles. The monoisotopic (exact) mass is 458 g/mol. The predicted molar refractivity (Wildman–Crippen MR) is 122 cm³/mol. The summed E-state index contributed by atoms with van der Waals surface area (Å²) in [6.45, 7) is 2.98. The molecule has 0 bridgehead atoms. The average molecular weight is 459 g/mol. The molecule has 5 nitrogen and oxygen atoms in total. The first-order chi connectivity index (χ1) is 15.6. The summed E-state index contributed by atoms with van der Waals surface area (Å²) in [5.41, 5.74) is 2.22. The molecule has 0 amide bonds. The van der Waals surface area contributed by atoms with Crippen LogP contribution < -0.4 is 4.74 Å². The van der Waals surface area contributed by atoms with Gasteiger partial charge in [-0.05, 0) is 56.1 Å². The van der Waals surface area contributed by atoms with Crippen LogP contribution in [0.15, 0.2) is 59.8 Å². The van der Waals surface area contributed by atoms with Crippen molar-refractivity contribution in [3.63, 3.8) is 0 Å². The second-order valence-corrected chi connectivity index (χ2v) is 9.32. The van der Waals surface area contributed by atoms with Crippen LogP contribution in [0.4, 0.5) is 8.78 Å². The van der Waals surface area contributed by atoms with Gasteiger partial charge < -0.3 is 9.30 Å². The molecule has 1 aromatic heterocycles. The first kappa shape index (κ1) is 22.7. The Morgan fingerprint density at radius 2 is 1.66 bits per heavy atom. The first-order valence-corrected chi connectivity index (χ1v) is 11.9. The van der Waals surface area contributed by atoms with Crippen molar-refractivity contribution in [2.45, 2.75) is 56.3 Å². The van der Waals surface area contributed by atoms with Crippen molar-refractivity contribution < 1.29 is 13.5 Å². The molecule has 0 saturated carbocycles. The number of rotatable bonds is 9. The molecule has 1 unspecified atom stereocenters. The van der Waals surface area contributed by atoms with Gasteiger partial charge in [-0.25, -0.2) is 0 Å². The molecule has 1 saturated heterocycles. The lowest BCUT2D eigenvalue weighted by atomic mass is 10.1. The Morgan fingerprint density at radius 3 is 2.34 bits per heavy atom. The maximum Gasteiger partial charge on any atom is 0.387 e. The van der Waals surface area contributed by atoms with E-state index in [2.05, 4.69) is 43.5 Å². The standard InChI is InChI=1S/C24H28F2N4OS/c1-18(20-10-12-21(13-11-20)31-23(25)26)32-24-28-27-22(17-29-14-6-3-7-15-29)30(24)16-19-8-4-2-5-9-19/h2,4-5,8-13,18,23H,3,6-7,14-17H2,1H3. The quantitative estimate of drug-likeness (QED) is 0.381. The highest BCUT2D eigenvalue weighted by Gasteiger charge is 2.20. The molecular formula is C24H28F2N4OS. The molecular weight excluding hydrogens is 430 g/mol. The van der Waals surface area contributed by atoms with E-state index in [4.69, 9.17) is 0 Å². The van der Waals surface area contributed by atoms with E-state index in [0.29, 0.717) is 6.54 Å². The molecule has 32 heavy (non-hydrogen) atoms. The van der Waals surface area contributed by atoms with Gasteiger partial charge in [0.15, 0.2) is 5.16 Å². The van der Waals surface area contributed by atoms with E-state index in [1.54, 1.807) is 23.9 Å². The van der Waals surface area contributed by atoms with Gasteiger partial charge in [-0.1, -0.05) is 60.6 Å². The van der Waals surface area contributed by atoms with Crippen molar-refractivity contribution in [1.82, 2.24) is 19.7 Å². The molecule has 1 atom stereocenters. The maximum absolute atomic E-state index is 12.4. The highest BCUT2D eigenvalue weighted by molar-refractivity contribution is 7.99. The summed E-state index contributed by atoms with van der Waals surface area (Å²) in [5, 5.41) is 10.0. The Bertz CT molecular complexity index is 975. The van der Waals surface area contributed by atoms with Gasteiger partial charge in [0, 0.05) is 5.25 Å². The summed E-state index contributed by atoms with van der Waals surface area (Å²) < 4.78 is 31.5. The zero-order valence-electron chi connectivity index (χ0n) is 18.2. The van der Waals surface area contributed by atoms with Gasteiger partial charge in [-0.15, -0.1) is 10.2 Å². The van der Waals surface area contributed by atoms with Crippen LogP contribution in [0.2, 0.25) is 0 Å². The number of piperidine rings is 1. The van der Waals surface area contributed by atoms with Crippen molar-refractivity contribution in [2.24, 2.45) is 0 Å². The van der Waals surface area contributed by atoms with Crippen LogP contribution in [0.3, 0.4) is 0 Å². The fourth-order valence-electron chi connectivity index (χ4n) is 3.91. The zero-order chi connectivity index (χ0) is 22.3. The Morgan fingerprint density at radius 1 is 0.938 bits per heavy atom. The third-order valence-corrected chi connectivity index (χ3v) is 6.79. The van der Waals surface area contributed by atoms with Gasteiger partial charge in [0.2, 0.25) is 0 Å². The molecule has 0 radical (unpaired) electrons. The Kier molecular flexibility index (Phi) is 7.76. The van der Waals surface area contributed by atoms with Crippen LogP contribution in [0, 0.1) is 0 Å². The molecule has 0 aliphatic carbocycles. The highest BCUT2D eigenvalue weighted by Crippen LogP contribution is 2.35. The third-order valence-electron chi connectivity index (χ3n) is 5.65. The van der Waals surface area contributed by atoms with Gasteiger partial charge in [0.25, 0.3) is 0 Å². The smallest absolute Gasteiger partial charge is 0.387 e. The normalized spacial score (nSPS) is 15.8. The highest BCUT2D eigenvalue weighted by atomic mass is 32.2. The van der Waals surface area contributed by atoms with E-state index in [1.807, 2.05) is 30.3 Å². The molecule has 1 fully saturated rings. The minimum absolute atomic E-state index is 0.0807. The summed E-state index contributed by atoms with van der Waals surface area (Å²) in [6.07, 6.45) is 3.76. The fraction of sp³-hybridized carbons (Fsp3) is 0.417. The van der Waals surface area contributed by atoms with Gasteiger partial charge in [-0.3, -0.25) is 4.90 Å². The number of nitrogens with zero attached hydrogens (tertiary/aromatic N) is 4. The largest absolute Gasteiger partial charge is 0.435 e. The minimum Gasteiger partial charge on any atom is -0.435 e. The molecule has 3 aromatic rings. The number of ether oxygens (including phenoxy) is 1. The average Bonchev–Trinajstić information content (AvgIpc) is 3.16. The van der Waals surface area contributed by atoms with Crippen molar-refractivity contribution in [3.05, 3.63) is 71.5 Å². The predicted octanol–water partition coefficient (Wildman–Crippen LogP) is 5.77. The SMILES string of the molecule is CC(Sc1nnc(CN2CCCCC2)n1Cc1ccccc1)c1ccc(OC(F)F)cc1. The zero-order valence-corrected chi connectivity index (χ0v) is 19.0.